The second kappa shape index (κ2) is 19.6. The molecule has 1 unspecified atom stereocenters. The molecule has 3 aromatic rings. The molecule has 0 fully saturated rings. The molecule has 0 N–H and O–H groups in total. The van der Waals surface area contributed by atoms with Crippen molar-refractivity contribution < 1.29 is 58.9 Å². The van der Waals surface area contributed by atoms with Crippen LogP contribution in [0.25, 0.3) is 0 Å². The van der Waals surface area contributed by atoms with E-state index in [0.29, 0.717) is 5.92 Å². The first-order valence-electron chi connectivity index (χ1n) is 16.1. The standard InChI is InChI=1S/C39H51Si.3ClH.Ti/c1-9-28(8)38-17-16-18-39(38)40(35-22-29(10-2)19-30(11-3)23-35,36-24-31(12-4)20-32(13-5)25-36)37-26-33(14-6)21-34(15-7)27-37;;;;/h16,19-28H,9-15,18H2,1-8H3;3*1H;/q-1;;;;+4/p-3. The van der Waals surface area contributed by atoms with Gasteiger partial charge in [-0.3, -0.25) is 6.08 Å². The van der Waals surface area contributed by atoms with Crippen molar-refractivity contribution >= 4 is 23.6 Å². The summed E-state index contributed by atoms with van der Waals surface area (Å²) >= 11 is 0. The Hall–Kier alpha value is -1.06. The molecule has 0 spiro atoms. The first kappa shape index (κ1) is 42.9. The molecule has 3 aromatic carbocycles. The second-order valence-electron chi connectivity index (χ2n) is 11.7. The van der Waals surface area contributed by atoms with Crippen LogP contribution in [0.1, 0.15) is 102 Å². The maximum absolute atomic E-state index is 3.83. The fourth-order valence-electron chi connectivity index (χ4n) is 6.64. The van der Waals surface area contributed by atoms with Crippen molar-refractivity contribution in [3.8, 4) is 0 Å². The third-order valence-corrected chi connectivity index (χ3v) is 14.2. The minimum Gasteiger partial charge on any atom is -1.00 e. The molecule has 1 aliphatic carbocycles. The van der Waals surface area contributed by atoms with E-state index in [0.717, 1.165) is 51.4 Å². The zero-order chi connectivity index (χ0) is 28.9. The number of hydrogen-bond donors (Lipinski definition) is 0. The fraction of sp³-hybridized carbons (Fsp3) is 0.436. The van der Waals surface area contributed by atoms with Crippen LogP contribution in [0, 0.1) is 12.0 Å². The Morgan fingerprint density at radius 3 is 1.09 bits per heavy atom. The number of hydrogen-bond acceptors (Lipinski definition) is 0. The van der Waals surface area contributed by atoms with Crippen LogP contribution >= 0.6 is 0 Å². The molecular formula is C39H51Cl3SiTi. The Kier molecular flexibility index (Phi) is 19.1. The van der Waals surface area contributed by atoms with Crippen molar-refractivity contribution in [1.82, 2.24) is 0 Å². The first-order chi connectivity index (χ1) is 19.4. The SMILES string of the molecule is CCc1cc(CC)cc([Si](C2=C(C(C)CC)[C-]=CC2)(c2cc(CC)cc(CC)c2)c2cc(CC)cc(CC)c2)c1.[Cl-].[Cl-].[Cl-].[Ti+4]. The number of halogens is 3. The topological polar surface area (TPSA) is 0 Å². The van der Waals surface area contributed by atoms with Gasteiger partial charge in [0.2, 0.25) is 0 Å². The van der Waals surface area contributed by atoms with Gasteiger partial charge in [0, 0.05) is 0 Å². The van der Waals surface area contributed by atoms with Crippen LogP contribution in [-0.4, -0.2) is 8.07 Å². The van der Waals surface area contributed by atoms with Crippen molar-refractivity contribution in [3.05, 3.63) is 111 Å². The fourth-order valence-corrected chi connectivity index (χ4v) is 12.2. The summed E-state index contributed by atoms with van der Waals surface area (Å²) in [5, 5.41) is 6.38. The Bertz CT molecular complexity index is 1210. The van der Waals surface area contributed by atoms with E-state index in [1.165, 1.54) is 39.0 Å². The van der Waals surface area contributed by atoms with E-state index in [-0.39, 0.29) is 58.9 Å². The van der Waals surface area contributed by atoms with Gasteiger partial charge in [-0.25, -0.2) is 10.8 Å². The number of benzene rings is 3. The molecule has 0 amide bonds. The van der Waals surface area contributed by atoms with Gasteiger partial charge in [-0.05, 0) is 71.9 Å². The van der Waals surface area contributed by atoms with E-state index in [2.05, 4.69) is 122 Å². The molecule has 0 heterocycles. The Morgan fingerprint density at radius 2 is 0.841 bits per heavy atom. The van der Waals surface area contributed by atoms with Crippen LogP contribution in [0.4, 0.5) is 0 Å². The van der Waals surface area contributed by atoms with E-state index in [9.17, 15) is 0 Å². The van der Waals surface area contributed by atoms with Crippen molar-refractivity contribution in [3.63, 3.8) is 0 Å². The summed E-state index contributed by atoms with van der Waals surface area (Å²) in [4.78, 5) is 0. The van der Waals surface area contributed by atoms with E-state index in [1.807, 2.05) is 0 Å². The van der Waals surface area contributed by atoms with E-state index >= 15 is 0 Å². The summed E-state index contributed by atoms with van der Waals surface area (Å²) in [5.41, 5.74) is 10.3. The first-order valence-corrected chi connectivity index (χ1v) is 18.1. The zero-order valence-electron chi connectivity index (χ0n) is 28.1. The number of aryl methyl sites for hydroxylation is 6. The molecule has 0 aliphatic heterocycles. The molecule has 0 saturated heterocycles. The van der Waals surface area contributed by atoms with Crippen LogP contribution < -0.4 is 52.8 Å². The van der Waals surface area contributed by atoms with Crippen LogP contribution in [0.2, 0.25) is 0 Å². The molecule has 44 heavy (non-hydrogen) atoms. The summed E-state index contributed by atoms with van der Waals surface area (Å²) in [5.74, 6) is 0.501. The molecule has 0 nitrogen and oxygen atoms in total. The Labute approximate surface area is 304 Å². The van der Waals surface area contributed by atoms with Crippen LogP contribution in [0.5, 0.6) is 0 Å². The molecule has 1 aliphatic rings. The quantitative estimate of drug-likeness (QED) is 0.132. The van der Waals surface area contributed by atoms with E-state index in [1.54, 1.807) is 20.8 Å². The third kappa shape index (κ3) is 8.64. The van der Waals surface area contributed by atoms with Gasteiger partial charge in [0.1, 0.15) is 0 Å². The minimum atomic E-state index is -2.63. The monoisotopic (exact) mass is 700 g/mol. The van der Waals surface area contributed by atoms with Gasteiger partial charge in [-0.15, -0.1) is 0 Å². The van der Waals surface area contributed by atoms with Crippen molar-refractivity contribution in [2.75, 3.05) is 0 Å². The van der Waals surface area contributed by atoms with Gasteiger partial charge in [-0.1, -0.05) is 144 Å². The van der Waals surface area contributed by atoms with Gasteiger partial charge in [0.15, 0.2) is 0 Å². The average molecular weight is 702 g/mol. The molecule has 5 heteroatoms. The largest absolute Gasteiger partial charge is 4.00 e. The van der Waals surface area contributed by atoms with Crippen LogP contribution in [-0.2, 0) is 60.2 Å². The van der Waals surface area contributed by atoms with Gasteiger partial charge in [0.05, 0.1) is 8.07 Å². The zero-order valence-corrected chi connectivity index (χ0v) is 33.0. The van der Waals surface area contributed by atoms with Gasteiger partial charge in [-0.2, -0.15) is 6.08 Å². The maximum Gasteiger partial charge on any atom is 4.00 e. The Morgan fingerprint density at radius 1 is 0.545 bits per heavy atom. The van der Waals surface area contributed by atoms with E-state index in [4.69, 9.17) is 0 Å². The Balaban J connectivity index is 0.00000462. The molecule has 0 bridgehead atoms. The normalized spacial score (nSPS) is 13.0. The number of rotatable bonds is 12. The van der Waals surface area contributed by atoms with Crippen LogP contribution in [0.15, 0.2) is 71.4 Å². The summed E-state index contributed by atoms with van der Waals surface area (Å²) in [6.07, 6.45) is 14.7. The third-order valence-electron chi connectivity index (χ3n) is 9.35. The molecule has 0 saturated carbocycles. The van der Waals surface area contributed by atoms with Crippen LogP contribution in [0.3, 0.4) is 0 Å². The molecule has 0 aromatic heterocycles. The predicted octanol–water partition coefficient (Wildman–Crippen LogP) is -0.814. The summed E-state index contributed by atoms with van der Waals surface area (Å²) < 4.78 is 0. The maximum atomic E-state index is 3.83. The second-order valence-corrected chi connectivity index (χ2v) is 15.6. The summed E-state index contributed by atoms with van der Waals surface area (Å²) in [6.45, 7) is 18.7. The molecule has 1 atom stereocenters. The smallest absolute Gasteiger partial charge is 1.00 e. The van der Waals surface area contributed by atoms with Gasteiger partial charge >= 0.3 is 21.7 Å². The van der Waals surface area contributed by atoms with Gasteiger partial charge < -0.3 is 37.2 Å². The predicted molar refractivity (Wildman–Crippen MR) is 179 cm³/mol. The average Bonchev–Trinajstić information content (AvgIpc) is 3.50. The molecule has 4 rings (SSSR count). The molecule has 0 radical (unpaired) electrons. The minimum absolute atomic E-state index is 0. The van der Waals surface area contributed by atoms with Crippen molar-refractivity contribution in [2.45, 2.75) is 107 Å². The van der Waals surface area contributed by atoms with Crippen molar-refractivity contribution in [1.29, 1.82) is 0 Å². The molecule has 236 valence electrons. The number of allylic oxidation sites excluding steroid dienone is 4. The van der Waals surface area contributed by atoms with E-state index < -0.39 is 8.07 Å². The molecular weight excluding hydrogens is 651 g/mol. The van der Waals surface area contributed by atoms with Gasteiger partial charge in [0.25, 0.3) is 0 Å². The summed E-state index contributed by atoms with van der Waals surface area (Å²) in [7, 11) is -2.63. The summed E-state index contributed by atoms with van der Waals surface area (Å²) in [6, 6.07) is 22.9. The van der Waals surface area contributed by atoms with Crippen molar-refractivity contribution in [2.24, 2.45) is 5.92 Å².